The molecule has 2 N–H and O–H groups in total. The molecule has 4 nitrogen and oxygen atoms in total. The van der Waals surface area contributed by atoms with Crippen molar-refractivity contribution in [1.82, 2.24) is 4.57 Å². The van der Waals surface area contributed by atoms with E-state index in [1.807, 2.05) is 36.4 Å². The number of hydrogen-bond acceptors (Lipinski definition) is 2. The van der Waals surface area contributed by atoms with Crippen LogP contribution in [0.3, 0.4) is 0 Å². The molecule has 1 radical (unpaired) electrons. The van der Waals surface area contributed by atoms with Crippen LogP contribution in [0.1, 0.15) is 15.9 Å². The summed E-state index contributed by atoms with van der Waals surface area (Å²) in [5.74, 6) is -0.0303. The summed E-state index contributed by atoms with van der Waals surface area (Å²) in [6.07, 6.45) is 1.62. The van der Waals surface area contributed by atoms with Crippen LogP contribution in [0.15, 0.2) is 77.4 Å². The Morgan fingerprint density at radius 2 is 1.90 bits per heavy atom. The number of carbonyl (C=O) groups is 1. The maximum atomic E-state index is 13.3. The van der Waals surface area contributed by atoms with Crippen molar-refractivity contribution in [3.63, 3.8) is 0 Å². The van der Waals surface area contributed by atoms with E-state index in [9.17, 15) is 9.18 Å². The Hall–Kier alpha value is -3.86. The molecule has 141 valence electrons. The van der Waals surface area contributed by atoms with E-state index in [2.05, 4.69) is 10.6 Å². The lowest BCUT2D eigenvalue weighted by Gasteiger charge is -2.09. The number of fused-ring (bicyclic) bond motifs is 3. The fourth-order valence-electron chi connectivity index (χ4n) is 3.79. The molecule has 0 atom stereocenters. The molecule has 0 aliphatic heterocycles. The number of carbonyl (C=O) groups excluding carboxylic acids is 1. The van der Waals surface area contributed by atoms with E-state index in [1.54, 1.807) is 24.5 Å². The molecule has 1 amide bonds. The predicted octanol–water partition coefficient (Wildman–Crippen LogP) is 5.14. The number of aromatic nitrogens is 1. The first-order chi connectivity index (χ1) is 14.1. The minimum absolute atomic E-state index is 0.277. The number of furan rings is 1. The first-order valence-corrected chi connectivity index (χ1v) is 9.16. The Morgan fingerprint density at radius 1 is 1.07 bits per heavy atom. The van der Waals surface area contributed by atoms with Crippen LogP contribution in [0.4, 0.5) is 4.39 Å². The fraction of sp³-hybridized carbons (Fsp3) is 0.0417. The minimum Gasteiger partial charge on any atom is -0.464 e. The predicted molar refractivity (Wildman–Crippen MR) is 110 cm³/mol. The van der Waals surface area contributed by atoms with Gasteiger partial charge in [0, 0.05) is 28.4 Å². The molecule has 0 aliphatic rings. The molecular formula is C24H16FN2O2. The number of benzene rings is 3. The van der Waals surface area contributed by atoms with Crippen LogP contribution < -0.4 is 5.73 Å². The van der Waals surface area contributed by atoms with Crippen LogP contribution in [0.2, 0.25) is 0 Å². The van der Waals surface area contributed by atoms with Gasteiger partial charge in [-0.1, -0.05) is 18.2 Å². The van der Waals surface area contributed by atoms with Gasteiger partial charge < -0.3 is 14.7 Å². The highest BCUT2D eigenvalue weighted by Gasteiger charge is 2.18. The lowest BCUT2D eigenvalue weighted by Crippen LogP contribution is -2.11. The van der Waals surface area contributed by atoms with Crippen molar-refractivity contribution in [2.45, 2.75) is 6.54 Å². The van der Waals surface area contributed by atoms with Crippen LogP contribution in [0, 0.1) is 11.9 Å². The Morgan fingerprint density at radius 3 is 2.62 bits per heavy atom. The third kappa shape index (κ3) is 2.88. The zero-order valence-electron chi connectivity index (χ0n) is 15.4. The number of primary amides is 1. The summed E-state index contributed by atoms with van der Waals surface area (Å²) >= 11 is 0. The third-order valence-corrected chi connectivity index (χ3v) is 5.12. The zero-order chi connectivity index (χ0) is 20.0. The van der Waals surface area contributed by atoms with Crippen molar-refractivity contribution < 1.29 is 13.6 Å². The Balaban J connectivity index is 1.81. The number of amides is 1. The molecule has 0 aliphatic carbocycles. The van der Waals surface area contributed by atoms with Gasteiger partial charge in [-0.15, -0.1) is 0 Å². The Labute approximate surface area is 166 Å². The summed E-state index contributed by atoms with van der Waals surface area (Å²) in [6.45, 7) is 0.512. The topological polar surface area (TPSA) is 61.2 Å². The number of hydrogen-bond donors (Lipinski definition) is 1. The van der Waals surface area contributed by atoms with Crippen LogP contribution in [-0.4, -0.2) is 10.5 Å². The summed E-state index contributed by atoms with van der Waals surface area (Å²) in [6, 6.07) is 22.8. The normalized spacial score (nSPS) is 11.3. The average Bonchev–Trinajstić information content (AvgIpc) is 3.36. The molecule has 2 aromatic heterocycles. The molecule has 5 heteroatoms. The highest BCUT2D eigenvalue weighted by Crippen LogP contribution is 2.34. The summed E-state index contributed by atoms with van der Waals surface area (Å²) in [5.41, 5.74) is 9.68. The van der Waals surface area contributed by atoms with E-state index in [0.29, 0.717) is 12.1 Å². The second-order valence-corrected chi connectivity index (χ2v) is 6.90. The average molecular weight is 383 g/mol. The van der Waals surface area contributed by atoms with E-state index in [0.717, 1.165) is 38.7 Å². The van der Waals surface area contributed by atoms with Crippen molar-refractivity contribution in [2.75, 3.05) is 0 Å². The largest absolute Gasteiger partial charge is 0.464 e. The second-order valence-electron chi connectivity index (χ2n) is 6.90. The molecule has 0 bridgehead atoms. The van der Waals surface area contributed by atoms with Gasteiger partial charge >= 0.3 is 0 Å². The zero-order valence-corrected chi connectivity index (χ0v) is 15.4. The number of nitrogens with two attached hydrogens (primary N) is 1. The van der Waals surface area contributed by atoms with Crippen LogP contribution in [-0.2, 0) is 6.54 Å². The van der Waals surface area contributed by atoms with E-state index >= 15 is 0 Å². The van der Waals surface area contributed by atoms with Gasteiger partial charge in [0.25, 0.3) is 0 Å². The van der Waals surface area contributed by atoms with E-state index in [-0.39, 0.29) is 5.82 Å². The van der Waals surface area contributed by atoms with Crippen molar-refractivity contribution in [3.8, 4) is 11.3 Å². The lowest BCUT2D eigenvalue weighted by atomic mass is 10.0. The minimum atomic E-state index is -0.486. The molecule has 0 spiro atoms. The number of halogens is 1. The van der Waals surface area contributed by atoms with E-state index in [4.69, 9.17) is 10.2 Å². The van der Waals surface area contributed by atoms with Gasteiger partial charge in [-0.25, -0.2) is 4.39 Å². The van der Waals surface area contributed by atoms with Crippen LogP contribution in [0.5, 0.6) is 0 Å². The fourth-order valence-corrected chi connectivity index (χ4v) is 3.79. The highest BCUT2D eigenvalue weighted by atomic mass is 19.1. The number of rotatable bonds is 4. The molecule has 5 aromatic rings. The van der Waals surface area contributed by atoms with E-state index in [1.165, 1.54) is 12.1 Å². The van der Waals surface area contributed by atoms with Gasteiger partial charge in [-0.3, -0.25) is 4.79 Å². The second kappa shape index (κ2) is 6.63. The summed E-state index contributed by atoms with van der Waals surface area (Å²) in [5, 5.41) is 1.58. The van der Waals surface area contributed by atoms with Crippen LogP contribution in [0.25, 0.3) is 33.1 Å². The molecule has 29 heavy (non-hydrogen) atoms. The molecule has 0 saturated carbocycles. The van der Waals surface area contributed by atoms with Crippen molar-refractivity contribution >= 4 is 27.7 Å². The van der Waals surface area contributed by atoms with Gasteiger partial charge in [-0.2, -0.15) is 0 Å². The standard InChI is InChI=1S/C24H16FN2O2/c25-17-9-6-15(7-10-17)14-27-20-4-1-3-19(24(26)28)23(20)18-11-8-16(13-21(18)27)22-5-2-12-29-22/h1-10,12-13H,14H2,(H2,26,28). The molecule has 0 unspecified atom stereocenters. The smallest absolute Gasteiger partial charge is 0.249 e. The Kier molecular flexibility index (Phi) is 3.95. The van der Waals surface area contributed by atoms with Crippen molar-refractivity contribution in [2.24, 2.45) is 5.73 Å². The van der Waals surface area contributed by atoms with Crippen molar-refractivity contribution in [1.29, 1.82) is 0 Å². The van der Waals surface area contributed by atoms with Gasteiger partial charge in [0.05, 0.1) is 17.3 Å². The van der Waals surface area contributed by atoms with Gasteiger partial charge in [0.2, 0.25) is 5.91 Å². The summed E-state index contributed by atoms with van der Waals surface area (Å²) < 4.78 is 21.0. The molecular weight excluding hydrogens is 367 g/mol. The molecule has 0 saturated heterocycles. The SMILES string of the molecule is NC(=O)c1cccc2c1c1[c]cc(-c3ccco3)cc1n2Cc1ccc(F)cc1. The first-order valence-electron chi connectivity index (χ1n) is 9.16. The summed E-state index contributed by atoms with van der Waals surface area (Å²) in [7, 11) is 0. The molecule has 0 fully saturated rings. The van der Waals surface area contributed by atoms with Crippen molar-refractivity contribution in [3.05, 3.63) is 96.0 Å². The van der Waals surface area contributed by atoms with Gasteiger partial charge in [-0.05, 0) is 60.2 Å². The maximum Gasteiger partial charge on any atom is 0.249 e. The lowest BCUT2D eigenvalue weighted by molar-refractivity contribution is 0.100. The monoisotopic (exact) mass is 383 g/mol. The molecule has 5 rings (SSSR count). The van der Waals surface area contributed by atoms with Gasteiger partial charge in [0.15, 0.2) is 0 Å². The van der Waals surface area contributed by atoms with E-state index < -0.39 is 5.91 Å². The quantitative estimate of drug-likeness (QED) is 0.467. The third-order valence-electron chi connectivity index (χ3n) is 5.12. The van der Waals surface area contributed by atoms with Crippen LogP contribution >= 0.6 is 0 Å². The first kappa shape index (κ1) is 17.3. The molecule has 3 aromatic carbocycles. The Bertz CT molecular complexity index is 1350. The summed E-state index contributed by atoms with van der Waals surface area (Å²) in [4.78, 5) is 12.1. The van der Waals surface area contributed by atoms with Gasteiger partial charge in [0.1, 0.15) is 11.6 Å². The highest BCUT2D eigenvalue weighted by molar-refractivity contribution is 6.18. The number of nitrogens with zero attached hydrogens (tertiary/aromatic N) is 1. The maximum absolute atomic E-state index is 13.3. The molecule has 2 heterocycles.